The minimum Gasteiger partial charge on any atom is -0.392 e. The Kier molecular flexibility index (Phi) is 3.91. The van der Waals surface area contributed by atoms with Crippen molar-refractivity contribution >= 4 is 12.0 Å². The maximum Gasteiger partial charge on any atom is 0.244 e. The summed E-state index contributed by atoms with van der Waals surface area (Å²) in [6, 6.07) is 9.11. The van der Waals surface area contributed by atoms with E-state index < -0.39 is 0 Å². The Labute approximate surface area is 118 Å². The normalized spacial score (nSPS) is 23.9. The molecular formula is C16H18N2O2. The Bertz CT molecular complexity index is 584. The Balaban J connectivity index is 1.95. The van der Waals surface area contributed by atoms with Gasteiger partial charge in [-0.15, -0.1) is 0 Å². The largest absolute Gasteiger partial charge is 0.392 e. The number of carbonyl (C=O) groups is 1. The van der Waals surface area contributed by atoms with Crippen LogP contribution in [-0.2, 0) is 4.79 Å². The van der Waals surface area contributed by atoms with Gasteiger partial charge in [-0.1, -0.05) is 26.0 Å². The molecule has 2 rings (SSSR count). The molecule has 1 saturated carbocycles. The average Bonchev–Trinajstić information content (AvgIpc) is 2.45. The molecule has 0 aromatic heterocycles. The average molecular weight is 270 g/mol. The van der Waals surface area contributed by atoms with Crippen LogP contribution in [0, 0.1) is 16.7 Å². The van der Waals surface area contributed by atoms with Crippen molar-refractivity contribution in [2.45, 2.75) is 32.4 Å². The van der Waals surface area contributed by atoms with Gasteiger partial charge in [0, 0.05) is 17.5 Å². The minimum atomic E-state index is -0.357. The van der Waals surface area contributed by atoms with Crippen molar-refractivity contribution in [1.82, 2.24) is 5.32 Å². The molecule has 2 unspecified atom stereocenters. The fourth-order valence-electron chi connectivity index (χ4n) is 2.25. The van der Waals surface area contributed by atoms with E-state index in [9.17, 15) is 9.90 Å². The first-order chi connectivity index (χ1) is 9.43. The second-order valence-electron chi connectivity index (χ2n) is 5.70. The van der Waals surface area contributed by atoms with Crippen molar-refractivity contribution in [3.8, 4) is 6.07 Å². The fraction of sp³-hybridized carbons (Fsp3) is 0.375. The fourth-order valence-corrected chi connectivity index (χ4v) is 2.25. The molecule has 0 spiro atoms. The molecular weight excluding hydrogens is 252 g/mol. The third kappa shape index (κ3) is 2.89. The van der Waals surface area contributed by atoms with E-state index in [4.69, 9.17) is 5.26 Å². The molecule has 0 radical (unpaired) electrons. The molecule has 0 bridgehead atoms. The molecule has 1 aromatic carbocycles. The Hall–Kier alpha value is -2.12. The van der Waals surface area contributed by atoms with Crippen LogP contribution in [0.1, 0.15) is 31.4 Å². The molecule has 1 fully saturated rings. The highest BCUT2D eigenvalue weighted by Crippen LogP contribution is 2.40. The number of benzene rings is 1. The van der Waals surface area contributed by atoms with E-state index in [2.05, 4.69) is 11.4 Å². The van der Waals surface area contributed by atoms with Crippen LogP contribution >= 0.6 is 0 Å². The van der Waals surface area contributed by atoms with Gasteiger partial charge >= 0.3 is 0 Å². The zero-order chi connectivity index (χ0) is 14.8. The number of hydrogen-bond acceptors (Lipinski definition) is 3. The summed E-state index contributed by atoms with van der Waals surface area (Å²) in [5.41, 5.74) is 1.10. The van der Waals surface area contributed by atoms with E-state index in [0.29, 0.717) is 12.0 Å². The summed E-state index contributed by atoms with van der Waals surface area (Å²) in [5, 5.41) is 21.3. The number of aliphatic hydroxyl groups is 1. The lowest BCUT2D eigenvalue weighted by Gasteiger charge is -2.49. The van der Waals surface area contributed by atoms with Crippen LogP contribution in [0.15, 0.2) is 30.3 Å². The molecule has 1 aliphatic carbocycles. The summed E-state index contributed by atoms with van der Waals surface area (Å²) in [6.45, 7) is 3.87. The predicted octanol–water partition coefficient (Wildman–Crippen LogP) is 1.85. The maximum absolute atomic E-state index is 11.8. The second-order valence-corrected chi connectivity index (χ2v) is 5.70. The number of aliphatic hydroxyl groups excluding tert-OH is 1. The highest BCUT2D eigenvalue weighted by molar-refractivity contribution is 5.92. The number of nitrogens with one attached hydrogen (secondary N) is 1. The SMILES string of the molecule is CC1(C)C(O)CC1NC(=O)/C=C/c1cccc(C#N)c1. The van der Waals surface area contributed by atoms with Crippen molar-refractivity contribution in [2.75, 3.05) is 0 Å². The van der Waals surface area contributed by atoms with Gasteiger partial charge in [0.15, 0.2) is 0 Å². The highest BCUT2D eigenvalue weighted by atomic mass is 16.3. The number of carbonyl (C=O) groups excluding carboxylic acids is 1. The zero-order valence-electron chi connectivity index (χ0n) is 11.6. The molecule has 104 valence electrons. The van der Waals surface area contributed by atoms with Crippen LogP contribution in [0.25, 0.3) is 6.08 Å². The Morgan fingerprint density at radius 1 is 1.55 bits per heavy atom. The summed E-state index contributed by atoms with van der Waals surface area (Å²) in [7, 11) is 0. The third-order valence-corrected chi connectivity index (χ3v) is 3.98. The molecule has 0 aliphatic heterocycles. The zero-order valence-corrected chi connectivity index (χ0v) is 11.6. The van der Waals surface area contributed by atoms with E-state index in [1.165, 1.54) is 6.08 Å². The number of rotatable bonds is 3. The van der Waals surface area contributed by atoms with Gasteiger partial charge in [0.25, 0.3) is 0 Å². The molecule has 1 aliphatic rings. The first kappa shape index (κ1) is 14.3. The van der Waals surface area contributed by atoms with Crippen LogP contribution in [0.4, 0.5) is 0 Å². The van der Waals surface area contributed by atoms with E-state index in [-0.39, 0.29) is 23.5 Å². The first-order valence-electron chi connectivity index (χ1n) is 6.60. The highest BCUT2D eigenvalue weighted by Gasteiger charge is 2.47. The summed E-state index contributed by atoms with van der Waals surface area (Å²) in [5.74, 6) is -0.183. The van der Waals surface area contributed by atoms with Crippen LogP contribution < -0.4 is 5.32 Å². The monoisotopic (exact) mass is 270 g/mol. The lowest BCUT2D eigenvalue weighted by atomic mass is 9.64. The quantitative estimate of drug-likeness (QED) is 0.823. The van der Waals surface area contributed by atoms with Gasteiger partial charge in [-0.2, -0.15) is 5.26 Å². The third-order valence-electron chi connectivity index (χ3n) is 3.98. The summed E-state index contributed by atoms with van der Waals surface area (Å²) >= 11 is 0. The van der Waals surface area contributed by atoms with Gasteiger partial charge in [0.1, 0.15) is 0 Å². The standard InChI is InChI=1S/C16H18N2O2/c1-16(2)13(9-14(16)19)18-15(20)7-6-11-4-3-5-12(8-11)10-17/h3-8,13-14,19H,9H2,1-2H3,(H,18,20)/b7-6+. The van der Waals surface area contributed by atoms with Crippen LogP contribution in [-0.4, -0.2) is 23.2 Å². The van der Waals surface area contributed by atoms with Crippen molar-refractivity contribution in [3.63, 3.8) is 0 Å². The lowest BCUT2D eigenvalue weighted by Crippen LogP contribution is -2.60. The van der Waals surface area contributed by atoms with Crippen LogP contribution in [0.3, 0.4) is 0 Å². The van der Waals surface area contributed by atoms with Crippen LogP contribution in [0.2, 0.25) is 0 Å². The van der Waals surface area contributed by atoms with Gasteiger partial charge in [0.2, 0.25) is 5.91 Å². The molecule has 1 aromatic rings. The van der Waals surface area contributed by atoms with Gasteiger partial charge in [-0.05, 0) is 30.2 Å². The van der Waals surface area contributed by atoms with Crippen molar-refractivity contribution < 1.29 is 9.90 Å². The Morgan fingerprint density at radius 2 is 2.30 bits per heavy atom. The van der Waals surface area contributed by atoms with E-state index in [0.717, 1.165) is 5.56 Å². The van der Waals surface area contributed by atoms with E-state index in [1.807, 2.05) is 19.9 Å². The van der Waals surface area contributed by atoms with Gasteiger partial charge in [-0.25, -0.2) is 0 Å². The molecule has 1 amide bonds. The summed E-state index contributed by atoms with van der Waals surface area (Å²) < 4.78 is 0. The number of nitrogens with zero attached hydrogens (tertiary/aromatic N) is 1. The summed E-state index contributed by atoms with van der Waals surface area (Å²) in [4.78, 5) is 11.8. The van der Waals surface area contributed by atoms with Crippen LogP contribution in [0.5, 0.6) is 0 Å². The maximum atomic E-state index is 11.8. The number of nitriles is 1. The second kappa shape index (κ2) is 5.48. The molecule has 2 atom stereocenters. The van der Waals surface area contributed by atoms with Crippen molar-refractivity contribution in [1.29, 1.82) is 5.26 Å². The summed E-state index contributed by atoms with van der Waals surface area (Å²) in [6.07, 6.45) is 3.37. The van der Waals surface area contributed by atoms with Gasteiger partial charge < -0.3 is 10.4 Å². The number of hydrogen-bond donors (Lipinski definition) is 2. The van der Waals surface area contributed by atoms with Crippen molar-refractivity contribution in [2.24, 2.45) is 5.41 Å². The Morgan fingerprint density at radius 3 is 2.90 bits per heavy atom. The smallest absolute Gasteiger partial charge is 0.244 e. The molecule has 0 heterocycles. The van der Waals surface area contributed by atoms with E-state index in [1.54, 1.807) is 24.3 Å². The first-order valence-corrected chi connectivity index (χ1v) is 6.60. The van der Waals surface area contributed by atoms with E-state index >= 15 is 0 Å². The molecule has 20 heavy (non-hydrogen) atoms. The molecule has 0 saturated heterocycles. The predicted molar refractivity (Wildman–Crippen MR) is 76.5 cm³/mol. The number of amides is 1. The van der Waals surface area contributed by atoms with Gasteiger partial charge in [0.05, 0.1) is 17.7 Å². The minimum absolute atomic E-state index is 0.0000859. The van der Waals surface area contributed by atoms with Gasteiger partial charge in [-0.3, -0.25) is 4.79 Å². The van der Waals surface area contributed by atoms with Crippen molar-refractivity contribution in [3.05, 3.63) is 41.5 Å². The topological polar surface area (TPSA) is 73.1 Å². The lowest BCUT2D eigenvalue weighted by molar-refractivity contribution is -0.124. The molecule has 2 N–H and O–H groups in total. The molecule has 4 heteroatoms. The molecule has 4 nitrogen and oxygen atoms in total.